The van der Waals surface area contributed by atoms with E-state index in [1.165, 1.54) is 10.6 Å². The number of hydrogen-bond donors (Lipinski definition) is 1. The molecule has 0 saturated carbocycles. The fourth-order valence-corrected chi connectivity index (χ4v) is 3.69. The third kappa shape index (κ3) is 3.31. The average Bonchev–Trinajstić information content (AvgIpc) is 2.82. The van der Waals surface area contributed by atoms with Crippen molar-refractivity contribution in [3.8, 4) is 0 Å². The average molecular weight is 362 g/mol. The number of halogens is 1. The van der Waals surface area contributed by atoms with Gasteiger partial charge in [-0.2, -0.15) is 0 Å². The molecular formula is C16H16BrN3S. The standard InChI is InChI=1S/C16H16BrN3S/c1-2-18-11-14-16(19-15-8-3-4-9-20(14)15)21-13-7-5-6-12(17)10-13/h3-10,18H,2,11H2,1H3. The minimum absolute atomic E-state index is 0.817. The molecule has 0 bridgehead atoms. The van der Waals surface area contributed by atoms with Crippen molar-refractivity contribution in [1.82, 2.24) is 14.7 Å². The van der Waals surface area contributed by atoms with Gasteiger partial charge in [0.2, 0.25) is 0 Å². The zero-order valence-electron chi connectivity index (χ0n) is 11.7. The van der Waals surface area contributed by atoms with E-state index in [0.29, 0.717) is 0 Å². The van der Waals surface area contributed by atoms with E-state index in [-0.39, 0.29) is 0 Å². The van der Waals surface area contributed by atoms with Crippen LogP contribution in [0.5, 0.6) is 0 Å². The molecule has 108 valence electrons. The van der Waals surface area contributed by atoms with E-state index in [4.69, 9.17) is 4.98 Å². The van der Waals surface area contributed by atoms with Gasteiger partial charge < -0.3 is 9.72 Å². The summed E-state index contributed by atoms with van der Waals surface area (Å²) in [5.74, 6) is 0. The summed E-state index contributed by atoms with van der Waals surface area (Å²) in [4.78, 5) is 5.95. The minimum Gasteiger partial charge on any atom is -0.311 e. The van der Waals surface area contributed by atoms with Crippen LogP contribution in [0.4, 0.5) is 0 Å². The molecule has 0 aliphatic rings. The normalized spacial score (nSPS) is 11.1. The largest absolute Gasteiger partial charge is 0.311 e. The number of fused-ring (bicyclic) bond motifs is 1. The Hall–Kier alpha value is -1.30. The molecule has 3 aromatic rings. The molecule has 0 radical (unpaired) electrons. The Morgan fingerprint density at radius 2 is 2.14 bits per heavy atom. The van der Waals surface area contributed by atoms with Crippen molar-refractivity contribution in [2.24, 2.45) is 0 Å². The first-order valence-electron chi connectivity index (χ1n) is 6.88. The van der Waals surface area contributed by atoms with E-state index in [0.717, 1.165) is 28.2 Å². The number of hydrogen-bond acceptors (Lipinski definition) is 3. The zero-order valence-corrected chi connectivity index (χ0v) is 14.1. The van der Waals surface area contributed by atoms with Gasteiger partial charge >= 0.3 is 0 Å². The Labute approximate surface area is 136 Å². The SMILES string of the molecule is CCNCc1c(Sc2cccc(Br)c2)nc2ccccn12. The maximum Gasteiger partial charge on any atom is 0.138 e. The predicted octanol–water partition coefficient (Wildman–Crippen LogP) is 4.36. The number of benzene rings is 1. The van der Waals surface area contributed by atoms with Crippen molar-refractivity contribution in [2.75, 3.05) is 6.54 Å². The van der Waals surface area contributed by atoms with Crippen LogP contribution in [-0.4, -0.2) is 15.9 Å². The number of imidazole rings is 1. The summed E-state index contributed by atoms with van der Waals surface area (Å²) >= 11 is 5.22. The lowest BCUT2D eigenvalue weighted by Gasteiger charge is -2.05. The van der Waals surface area contributed by atoms with Crippen molar-refractivity contribution >= 4 is 33.3 Å². The van der Waals surface area contributed by atoms with Gasteiger partial charge in [-0.05, 0) is 36.9 Å². The molecule has 0 fully saturated rings. The Kier molecular flexibility index (Phi) is 4.63. The van der Waals surface area contributed by atoms with E-state index in [2.05, 4.69) is 50.9 Å². The van der Waals surface area contributed by atoms with Crippen LogP contribution in [0.1, 0.15) is 12.6 Å². The van der Waals surface area contributed by atoms with Gasteiger partial charge in [0.25, 0.3) is 0 Å². The number of pyridine rings is 1. The van der Waals surface area contributed by atoms with Gasteiger partial charge in [0, 0.05) is 22.1 Å². The van der Waals surface area contributed by atoms with Crippen molar-refractivity contribution in [3.05, 3.63) is 58.8 Å². The summed E-state index contributed by atoms with van der Waals surface area (Å²) in [7, 11) is 0. The van der Waals surface area contributed by atoms with Crippen LogP contribution in [-0.2, 0) is 6.54 Å². The van der Waals surface area contributed by atoms with Crippen LogP contribution < -0.4 is 5.32 Å². The summed E-state index contributed by atoms with van der Waals surface area (Å²) in [5, 5.41) is 4.45. The quantitative estimate of drug-likeness (QED) is 0.731. The van der Waals surface area contributed by atoms with Gasteiger partial charge in [0.05, 0.1) is 5.69 Å². The Balaban J connectivity index is 2.00. The van der Waals surface area contributed by atoms with Gasteiger partial charge in [0.1, 0.15) is 10.7 Å². The summed E-state index contributed by atoms with van der Waals surface area (Å²) in [6.45, 7) is 3.88. The molecule has 0 unspecified atom stereocenters. The van der Waals surface area contributed by atoms with Crippen LogP contribution in [0, 0.1) is 0 Å². The number of nitrogens with zero attached hydrogens (tertiary/aromatic N) is 2. The first kappa shape index (κ1) is 14.6. The number of aromatic nitrogens is 2. The molecule has 0 saturated heterocycles. The molecule has 3 rings (SSSR count). The predicted molar refractivity (Wildman–Crippen MR) is 90.8 cm³/mol. The molecule has 0 spiro atoms. The summed E-state index contributed by atoms with van der Waals surface area (Å²) in [5.41, 5.74) is 2.19. The molecule has 0 atom stereocenters. The van der Waals surface area contributed by atoms with Gasteiger partial charge in [-0.25, -0.2) is 4.98 Å². The maximum absolute atomic E-state index is 4.76. The molecule has 0 aliphatic carbocycles. The number of nitrogens with one attached hydrogen (secondary N) is 1. The van der Waals surface area contributed by atoms with E-state index in [1.54, 1.807) is 11.8 Å². The monoisotopic (exact) mass is 361 g/mol. The first-order valence-corrected chi connectivity index (χ1v) is 8.49. The second kappa shape index (κ2) is 6.64. The second-order valence-electron chi connectivity index (χ2n) is 4.63. The van der Waals surface area contributed by atoms with Crippen LogP contribution in [0.2, 0.25) is 0 Å². The zero-order chi connectivity index (χ0) is 14.7. The van der Waals surface area contributed by atoms with Crippen molar-refractivity contribution in [1.29, 1.82) is 0 Å². The fourth-order valence-electron chi connectivity index (χ4n) is 2.15. The van der Waals surface area contributed by atoms with E-state index in [1.807, 2.05) is 30.3 Å². The molecule has 1 aromatic carbocycles. The van der Waals surface area contributed by atoms with E-state index >= 15 is 0 Å². The number of rotatable bonds is 5. The fraction of sp³-hybridized carbons (Fsp3) is 0.188. The highest BCUT2D eigenvalue weighted by molar-refractivity contribution is 9.10. The molecule has 2 heterocycles. The summed E-state index contributed by atoms with van der Waals surface area (Å²) < 4.78 is 3.24. The minimum atomic E-state index is 0.817. The van der Waals surface area contributed by atoms with Crippen LogP contribution >= 0.6 is 27.7 Å². The molecule has 3 nitrogen and oxygen atoms in total. The topological polar surface area (TPSA) is 29.3 Å². The summed E-state index contributed by atoms with van der Waals surface area (Å²) in [6.07, 6.45) is 2.07. The third-order valence-electron chi connectivity index (χ3n) is 3.15. The van der Waals surface area contributed by atoms with Gasteiger partial charge in [-0.15, -0.1) is 0 Å². The van der Waals surface area contributed by atoms with Gasteiger partial charge in [0.15, 0.2) is 0 Å². The molecule has 21 heavy (non-hydrogen) atoms. The Bertz CT molecular complexity index is 754. The molecule has 1 N–H and O–H groups in total. The molecular weight excluding hydrogens is 346 g/mol. The lowest BCUT2D eigenvalue weighted by atomic mass is 10.4. The lowest BCUT2D eigenvalue weighted by molar-refractivity contribution is 0.694. The van der Waals surface area contributed by atoms with E-state index < -0.39 is 0 Å². The maximum atomic E-state index is 4.76. The van der Waals surface area contributed by atoms with Crippen molar-refractivity contribution in [3.63, 3.8) is 0 Å². The van der Waals surface area contributed by atoms with Crippen LogP contribution in [0.25, 0.3) is 5.65 Å². The van der Waals surface area contributed by atoms with Crippen molar-refractivity contribution < 1.29 is 0 Å². The third-order valence-corrected chi connectivity index (χ3v) is 4.65. The molecule has 0 aliphatic heterocycles. The molecule has 2 aromatic heterocycles. The highest BCUT2D eigenvalue weighted by atomic mass is 79.9. The molecule has 0 amide bonds. The highest BCUT2D eigenvalue weighted by Gasteiger charge is 2.12. The molecule has 5 heteroatoms. The van der Waals surface area contributed by atoms with E-state index in [9.17, 15) is 0 Å². The van der Waals surface area contributed by atoms with Crippen LogP contribution in [0.15, 0.2) is 63.1 Å². The summed E-state index contributed by atoms with van der Waals surface area (Å²) in [6, 6.07) is 14.4. The second-order valence-corrected chi connectivity index (χ2v) is 6.61. The Morgan fingerprint density at radius 3 is 2.95 bits per heavy atom. The lowest BCUT2D eigenvalue weighted by Crippen LogP contribution is -2.13. The van der Waals surface area contributed by atoms with Crippen LogP contribution in [0.3, 0.4) is 0 Å². The van der Waals surface area contributed by atoms with Gasteiger partial charge in [-0.1, -0.05) is 46.7 Å². The highest BCUT2D eigenvalue weighted by Crippen LogP contribution is 2.31. The van der Waals surface area contributed by atoms with Gasteiger partial charge in [-0.3, -0.25) is 0 Å². The Morgan fingerprint density at radius 1 is 1.24 bits per heavy atom. The smallest absolute Gasteiger partial charge is 0.138 e. The first-order chi connectivity index (χ1) is 10.3. The van der Waals surface area contributed by atoms with Crippen molar-refractivity contribution in [2.45, 2.75) is 23.4 Å².